The van der Waals surface area contributed by atoms with Crippen molar-refractivity contribution in [2.75, 3.05) is 7.11 Å². The van der Waals surface area contributed by atoms with E-state index in [0.29, 0.717) is 6.42 Å². The minimum Gasteiger partial charge on any atom is -0.468 e. The number of ether oxygens (including phenoxy) is 1. The van der Waals surface area contributed by atoms with E-state index in [1.807, 2.05) is 18.2 Å². The van der Waals surface area contributed by atoms with Crippen LogP contribution in [0.5, 0.6) is 0 Å². The molecule has 6 heteroatoms. The summed E-state index contributed by atoms with van der Waals surface area (Å²) in [5, 5.41) is 3.78. The minimum absolute atomic E-state index is 0.210. The maximum absolute atomic E-state index is 11.2. The second-order valence-electron chi connectivity index (χ2n) is 4.35. The summed E-state index contributed by atoms with van der Waals surface area (Å²) in [6.07, 6.45) is 8.77. The first-order chi connectivity index (χ1) is 9.02. The molecule has 0 saturated carbocycles. The van der Waals surface area contributed by atoms with Gasteiger partial charge in [0, 0.05) is 6.92 Å². The molecule has 0 aromatic rings. The van der Waals surface area contributed by atoms with Crippen LogP contribution in [0.3, 0.4) is 0 Å². The molecule has 0 saturated heterocycles. The van der Waals surface area contributed by atoms with Gasteiger partial charge in [0.1, 0.15) is 6.04 Å². The van der Waals surface area contributed by atoms with Gasteiger partial charge in [-0.15, -0.1) is 0 Å². The Morgan fingerprint density at radius 1 is 1.68 bits per heavy atom. The maximum atomic E-state index is 11.2. The van der Waals surface area contributed by atoms with Gasteiger partial charge in [-0.25, -0.2) is 5.43 Å². The van der Waals surface area contributed by atoms with E-state index in [4.69, 9.17) is 5.73 Å². The summed E-state index contributed by atoms with van der Waals surface area (Å²) in [7, 11) is 1.33. The number of hydrogen-bond acceptors (Lipinski definition) is 5. The largest absolute Gasteiger partial charge is 0.468 e. The van der Waals surface area contributed by atoms with Crippen LogP contribution in [0.2, 0.25) is 0 Å². The van der Waals surface area contributed by atoms with Crippen molar-refractivity contribution in [3.63, 3.8) is 0 Å². The van der Waals surface area contributed by atoms with Gasteiger partial charge in [0.05, 0.1) is 13.3 Å². The number of esters is 1. The lowest BCUT2D eigenvalue weighted by molar-refractivity contribution is -0.142. The van der Waals surface area contributed by atoms with Crippen molar-refractivity contribution in [3.05, 3.63) is 23.8 Å². The van der Waals surface area contributed by atoms with Crippen molar-refractivity contribution in [1.82, 2.24) is 5.43 Å². The fourth-order valence-corrected chi connectivity index (χ4v) is 1.72. The number of rotatable bonds is 5. The van der Waals surface area contributed by atoms with Crippen molar-refractivity contribution in [3.8, 4) is 0 Å². The van der Waals surface area contributed by atoms with E-state index in [-0.39, 0.29) is 11.8 Å². The van der Waals surface area contributed by atoms with Gasteiger partial charge in [0.2, 0.25) is 5.91 Å². The third-order valence-electron chi connectivity index (χ3n) is 2.71. The second kappa shape index (κ2) is 7.48. The van der Waals surface area contributed by atoms with E-state index in [1.165, 1.54) is 14.0 Å². The van der Waals surface area contributed by atoms with Crippen LogP contribution in [-0.4, -0.2) is 31.2 Å². The van der Waals surface area contributed by atoms with Crippen LogP contribution in [0, 0.1) is 5.92 Å². The lowest BCUT2D eigenvalue weighted by Gasteiger charge is -2.17. The van der Waals surface area contributed by atoms with E-state index in [1.54, 1.807) is 6.21 Å². The Balaban J connectivity index is 2.42. The highest BCUT2D eigenvalue weighted by atomic mass is 16.5. The van der Waals surface area contributed by atoms with E-state index in [9.17, 15) is 9.59 Å². The summed E-state index contributed by atoms with van der Waals surface area (Å²) < 4.78 is 4.59. The predicted molar refractivity (Wildman–Crippen MR) is 72.2 cm³/mol. The number of carbonyl (C=O) groups excluding carboxylic acids is 2. The number of hydrogen-bond donors (Lipinski definition) is 2. The quantitative estimate of drug-likeness (QED) is 0.430. The maximum Gasteiger partial charge on any atom is 0.322 e. The Morgan fingerprint density at radius 2 is 2.42 bits per heavy atom. The number of hydrazone groups is 1. The summed E-state index contributed by atoms with van der Waals surface area (Å²) in [6, 6.07) is -0.595. The van der Waals surface area contributed by atoms with E-state index < -0.39 is 12.0 Å². The van der Waals surface area contributed by atoms with Crippen molar-refractivity contribution in [2.45, 2.75) is 25.8 Å². The summed E-state index contributed by atoms with van der Waals surface area (Å²) in [6.45, 7) is 1.40. The first kappa shape index (κ1) is 15.1. The molecule has 0 fully saturated rings. The highest BCUT2D eigenvalue weighted by Gasteiger charge is 2.19. The number of nitrogens with two attached hydrogens (primary N) is 1. The molecule has 0 bridgehead atoms. The summed E-state index contributed by atoms with van der Waals surface area (Å²) in [5.74, 6) is -0.388. The molecule has 2 atom stereocenters. The van der Waals surface area contributed by atoms with Crippen LogP contribution >= 0.6 is 0 Å². The van der Waals surface area contributed by atoms with Crippen LogP contribution in [0.15, 0.2) is 28.9 Å². The molecule has 19 heavy (non-hydrogen) atoms. The molecule has 0 aromatic carbocycles. The Kier molecular flexibility index (Phi) is 5.95. The zero-order valence-corrected chi connectivity index (χ0v) is 11.1. The fraction of sp³-hybridized carbons (Fsp3) is 0.462. The molecule has 0 radical (unpaired) electrons. The second-order valence-corrected chi connectivity index (χ2v) is 4.35. The van der Waals surface area contributed by atoms with Gasteiger partial charge in [-0.05, 0) is 24.3 Å². The number of methoxy groups -OCH3 is 1. The molecule has 1 unspecified atom stereocenters. The molecule has 0 heterocycles. The van der Waals surface area contributed by atoms with Crippen LogP contribution in [-0.2, 0) is 14.3 Å². The standard InChI is InChI=1S/C13H19N3O3/c1-9(17)16-15-8-11-5-3-10(4-6-11)7-12(14)13(18)19-2/h3,5-6,8,10,12H,4,7,14H2,1-2H3,(H,16,17)/b15-8+/t10?,12-/m0/s1. The summed E-state index contributed by atoms with van der Waals surface area (Å²) in [5.41, 5.74) is 8.95. The van der Waals surface area contributed by atoms with Crippen molar-refractivity contribution >= 4 is 18.1 Å². The number of allylic oxidation sites excluding steroid dienone is 4. The number of carbonyl (C=O) groups is 2. The van der Waals surface area contributed by atoms with Crippen molar-refractivity contribution in [1.29, 1.82) is 0 Å². The third-order valence-corrected chi connectivity index (χ3v) is 2.71. The first-order valence-corrected chi connectivity index (χ1v) is 6.04. The molecule has 1 amide bonds. The van der Waals surface area contributed by atoms with Gasteiger partial charge in [-0.3, -0.25) is 9.59 Å². The van der Waals surface area contributed by atoms with Gasteiger partial charge in [0.25, 0.3) is 0 Å². The normalized spacial score (nSPS) is 19.9. The van der Waals surface area contributed by atoms with Crippen LogP contribution < -0.4 is 11.2 Å². The van der Waals surface area contributed by atoms with Crippen molar-refractivity contribution < 1.29 is 14.3 Å². The predicted octanol–water partition coefficient (Wildman–Crippen LogP) is 0.501. The lowest BCUT2D eigenvalue weighted by atomic mass is 9.91. The SMILES string of the molecule is COC(=O)[C@@H](N)CC1C=CC(/C=N/NC(C)=O)=CC1. The Morgan fingerprint density at radius 3 is 2.95 bits per heavy atom. The highest BCUT2D eigenvalue weighted by molar-refractivity contribution is 5.84. The molecule has 3 N–H and O–H groups in total. The fourth-order valence-electron chi connectivity index (χ4n) is 1.72. The molecule has 1 aliphatic carbocycles. The topological polar surface area (TPSA) is 93.8 Å². The minimum atomic E-state index is -0.595. The van der Waals surface area contributed by atoms with E-state index in [0.717, 1.165) is 12.0 Å². The molecular formula is C13H19N3O3. The number of amides is 1. The number of nitrogens with zero attached hydrogens (tertiary/aromatic N) is 1. The lowest BCUT2D eigenvalue weighted by Crippen LogP contribution is -2.33. The van der Waals surface area contributed by atoms with Gasteiger partial charge in [0.15, 0.2) is 0 Å². The molecular weight excluding hydrogens is 246 g/mol. The van der Waals surface area contributed by atoms with Crippen molar-refractivity contribution in [2.24, 2.45) is 16.8 Å². The zero-order chi connectivity index (χ0) is 14.3. The molecule has 6 nitrogen and oxygen atoms in total. The Bertz CT molecular complexity index is 427. The average molecular weight is 265 g/mol. The zero-order valence-electron chi connectivity index (χ0n) is 11.1. The Hall–Kier alpha value is -1.95. The van der Waals surface area contributed by atoms with E-state index >= 15 is 0 Å². The monoisotopic (exact) mass is 265 g/mol. The molecule has 0 aliphatic heterocycles. The molecule has 104 valence electrons. The van der Waals surface area contributed by atoms with Gasteiger partial charge >= 0.3 is 5.97 Å². The first-order valence-electron chi connectivity index (χ1n) is 6.04. The molecule has 1 aliphatic rings. The number of nitrogens with one attached hydrogen (secondary N) is 1. The van der Waals surface area contributed by atoms with Crippen LogP contribution in [0.1, 0.15) is 19.8 Å². The molecule has 1 rings (SSSR count). The van der Waals surface area contributed by atoms with Crippen LogP contribution in [0.4, 0.5) is 0 Å². The Labute approximate surface area is 112 Å². The highest BCUT2D eigenvalue weighted by Crippen LogP contribution is 2.20. The summed E-state index contributed by atoms with van der Waals surface area (Å²) in [4.78, 5) is 21.8. The van der Waals surface area contributed by atoms with E-state index in [2.05, 4.69) is 15.3 Å². The average Bonchev–Trinajstić information content (AvgIpc) is 2.39. The summed E-state index contributed by atoms with van der Waals surface area (Å²) >= 11 is 0. The molecule has 0 aromatic heterocycles. The third kappa shape index (κ3) is 5.48. The van der Waals surface area contributed by atoms with Gasteiger partial charge in [-0.2, -0.15) is 5.10 Å². The van der Waals surface area contributed by atoms with Gasteiger partial charge in [-0.1, -0.05) is 18.2 Å². The smallest absolute Gasteiger partial charge is 0.322 e. The van der Waals surface area contributed by atoms with Crippen LogP contribution in [0.25, 0.3) is 0 Å². The van der Waals surface area contributed by atoms with Gasteiger partial charge < -0.3 is 10.5 Å². The molecule has 0 spiro atoms.